The van der Waals surface area contributed by atoms with E-state index in [0.717, 1.165) is 0 Å². The molecule has 64 valence electrons. The average Bonchev–Trinajstić information content (AvgIpc) is 2.04. The number of hydrogen-bond donors (Lipinski definition) is 2. The van der Waals surface area contributed by atoms with Crippen molar-refractivity contribution in [3.05, 3.63) is 0 Å². The van der Waals surface area contributed by atoms with Gasteiger partial charge in [-0.1, -0.05) is 25.1 Å². The molecule has 0 heterocycles. The van der Waals surface area contributed by atoms with Crippen LogP contribution in [0.3, 0.4) is 0 Å². The summed E-state index contributed by atoms with van der Waals surface area (Å²) >= 11 is 5.00. The van der Waals surface area contributed by atoms with Crippen molar-refractivity contribution < 1.29 is 0 Å². The first-order valence-electron chi connectivity index (χ1n) is 4.22. The predicted molar refractivity (Wildman–Crippen MR) is 51.6 cm³/mol. The van der Waals surface area contributed by atoms with Crippen molar-refractivity contribution in [2.75, 3.05) is 7.05 Å². The minimum Gasteiger partial charge on any atom is -0.393 e. The molecule has 1 aliphatic carbocycles. The molecule has 0 saturated heterocycles. The highest BCUT2D eigenvalue weighted by Crippen LogP contribution is 2.24. The van der Waals surface area contributed by atoms with Crippen molar-refractivity contribution in [1.29, 1.82) is 0 Å². The zero-order valence-corrected chi connectivity index (χ0v) is 7.79. The molecule has 0 unspecified atom stereocenters. The molecule has 3 N–H and O–H groups in total. The number of hydrogen-bond acceptors (Lipinski definition) is 2. The van der Waals surface area contributed by atoms with Crippen molar-refractivity contribution in [3.63, 3.8) is 0 Å². The Labute approximate surface area is 73.5 Å². The summed E-state index contributed by atoms with van der Waals surface area (Å²) in [7, 11) is 1.99. The maximum Gasteiger partial charge on any atom is 0.0774 e. The molecule has 0 aromatic carbocycles. The second-order valence-electron chi connectivity index (χ2n) is 3.19. The van der Waals surface area contributed by atoms with Crippen molar-refractivity contribution in [2.24, 2.45) is 11.7 Å². The topological polar surface area (TPSA) is 38.0 Å². The van der Waals surface area contributed by atoms with Gasteiger partial charge in [-0.05, 0) is 19.9 Å². The summed E-state index contributed by atoms with van der Waals surface area (Å²) in [6.45, 7) is 0. The van der Waals surface area contributed by atoms with Crippen LogP contribution in [0.25, 0.3) is 0 Å². The van der Waals surface area contributed by atoms with Gasteiger partial charge in [-0.3, -0.25) is 0 Å². The normalized spacial score (nSPS) is 31.7. The Kier molecular flexibility index (Phi) is 3.27. The van der Waals surface area contributed by atoms with Gasteiger partial charge in [-0.25, -0.2) is 0 Å². The van der Waals surface area contributed by atoms with Gasteiger partial charge >= 0.3 is 0 Å². The lowest BCUT2D eigenvalue weighted by Gasteiger charge is -2.30. The smallest absolute Gasteiger partial charge is 0.0774 e. The van der Waals surface area contributed by atoms with Gasteiger partial charge in [0.2, 0.25) is 0 Å². The summed E-state index contributed by atoms with van der Waals surface area (Å²) < 4.78 is 0. The second-order valence-corrected chi connectivity index (χ2v) is 3.66. The van der Waals surface area contributed by atoms with Gasteiger partial charge in [-0.15, -0.1) is 0 Å². The van der Waals surface area contributed by atoms with Crippen LogP contribution >= 0.6 is 12.2 Å². The monoisotopic (exact) mass is 172 g/mol. The van der Waals surface area contributed by atoms with Crippen LogP contribution in [0.1, 0.15) is 25.7 Å². The largest absolute Gasteiger partial charge is 0.393 e. The Morgan fingerprint density at radius 2 is 2.09 bits per heavy atom. The third-order valence-electron chi connectivity index (χ3n) is 2.50. The predicted octanol–water partition coefficient (Wildman–Crippen LogP) is 1.05. The Hall–Kier alpha value is -0.150. The van der Waals surface area contributed by atoms with Gasteiger partial charge < -0.3 is 11.1 Å². The van der Waals surface area contributed by atoms with E-state index in [1.165, 1.54) is 25.7 Å². The van der Waals surface area contributed by atoms with Gasteiger partial charge in [0.05, 0.1) is 4.99 Å². The molecule has 0 aliphatic heterocycles. The summed E-state index contributed by atoms with van der Waals surface area (Å²) in [6, 6.07) is 0.529. The number of nitrogens with two attached hydrogens (primary N) is 1. The molecule has 1 fully saturated rings. The Bertz CT molecular complexity index is 147. The van der Waals surface area contributed by atoms with E-state index in [4.69, 9.17) is 18.0 Å². The van der Waals surface area contributed by atoms with Crippen molar-refractivity contribution in [2.45, 2.75) is 31.7 Å². The highest BCUT2D eigenvalue weighted by molar-refractivity contribution is 7.80. The summed E-state index contributed by atoms with van der Waals surface area (Å²) in [5.74, 6) is 0.434. The third-order valence-corrected chi connectivity index (χ3v) is 2.80. The summed E-state index contributed by atoms with van der Waals surface area (Å²) in [4.78, 5) is 0.684. The zero-order valence-electron chi connectivity index (χ0n) is 6.97. The molecule has 1 rings (SSSR count). The fraction of sp³-hybridized carbons (Fsp3) is 0.875. The Morgan fingerprint density at radius 3 is 2.55 bits per heavy atom. The van der Waals surface area contributed by atoms with Crippen LogP contribution in [0.15, 0.2) is 0 Å². The molecule has 1 aliphatic rings. The molecule has 11 heavy (non-hydrogen) atoms. The van der Waals surface area contributed by atoms with E-state index in [2.05, 4.69) is 5.32 Å². The van der Waals surface area contributed by atoms with Crippen LogP contribution < -0.4 is 11.1 Å². The average molecular weight is 172 g/mol. The van der Waals surface area contributed by atoms with E-state index in [0.29, 0.717) is 16.9 Å². The van der Waals surface area contributed by atoms with Crippen LogP contribution in [0.4, 0.5) is 0 Å². The standard InChI is InChI=1S/C8H16N2S/c1-10-7-5-3-2-4-6(7)8(9)11/h6-7,10H,2-5H2,1H3,(H2,9,11)/t6-,7+/m0/s1. The maximum absolute atomic E-state index is 5.62. The first-order chi connectivity index (χ1) is 5.25. The summed E-state index contributed by atoms with van der Waals surface area (Å²) in [6.07, 6.45) is 4.98. The van der Waals surface area contributed by atoms with E-state index in [1.807, 2.05) is 7.05 Å². The van der Waals surface area contributed by atoms with Gasteiger partial charge in [0, 0.05) is 12.0 Å². The van der Waals surface area contributed by atoms with E-state index in [9.17, 15) is 0 Å². The summed E-state index contributed by atoms with van der Waals surface area (Å²) in [5.41, 5.74) is 5.62. The van der Waals surface area contributed by atoms with E-state index in [-0.39, 0.29) is 0 Å². The fourth-order valence-corrected chi connectivity index (χ4v) is 2.10. The zero-order chi connectivity index (χ0) is 8.27. The van der Waals surface area contributed by atoms with Crippen LogP contribution in [-0.4, -0.2) is 18.1 Å². The molecule has 0 bridgehead atoms. The molecular formula is C8H16N2S. The second kappa shape index (κ2) is 4.02. The first kappa shape index (κ1) is 8.94. The quantitative estimate of drug-likeness (QED) is 0.611. The fourth-order valence-electron chi connectivity index (χ4n) is 1.82. The van der Waals surface area contributed by atoms with Gasteiger partial charge in [0.1, 0.15) is 0 Å². The van der Waals surface area contributed by atoms with Gasteiger partial charge in [0.25, 0.3) is 0 Å². The van der Waals surface area contributed by atoms with Gasteiger partial charge in [-0.2, -0.15) is 0 Å². The van der Waals surface area contributed by atoms with Crippen LogP contribution in [0, 0.1) is 5.92 Å². The van der Waals surface area contributed by atoms with E-state index < -0.39 is 0 Å². The lowest BCUT2D eigenvalue weighted by Crippen LogP contribution is -2.42. The Morgan fingerprint density at radius 1 is 1.45 bits per heavy atom. The lowest BCUT2D eigenvalue weighted by atomic mass is 9.84. The molecule has 0 spiro atoms. The van der Waals surface area contributed by atoms with Crippen molar-refractivity contribution in [1.82, 2.24) is 5.32 Å². The van der Waals surface area contributed by atoms with Crippen molar-refractivity contribution >= 4 is 17.2 Å². The molecule has 1 saturated carbocycles. The molecular weight excluding hydrogens is 156 g/mol. The Balaban J connectivity index is 2.51. The van der Waals surface area contributed by atoms with Gasteiger partial charge in [0.15, 0.2) is 0 Å². The minimum absolute atomic E-state index is 0.434. The molecule has 2 atom stereocenters. The first-order valence-corrected chi connectivity index (χ1v) is 4.63. The minimum atomic E-state index is 0.434. The summed E-state index contributed by atoms with van der Waals surface area (Å²) in [5, 5.41) is 3.27. The molecule has 0 amide bonds. The number of thiocarbonyl (C=S) groups is 1. The molecule has 2 nitrogen and oxygen atoms in total. The third kappa shape index (κ3) is 2.14. The van der Waals surface area contributed by atoms with Crippen LogP contribution in [-0.2, 0) is 0 Å². The molecule has 0 aromatic heterocycles. The highest BCUT2D eigenvalue weighted by Gasteiger charge is 2.25. The molecule has 0 aromatic rings. The number of rotatable bonds is 2. The molecule has 3 heteroatoms. The number of nitrogens with one attached hydrogen (secondary N) is 1. The SMILES string of the molecule is CN[C@@H]1CCCC[C@@H]1C(N)=S. The van der Waals surface area contributed by atoms with E-state index >= 15 is 0 Å². The highest BCUT2D eigenvalue weighted by atomic mass is 32.1. The molecule has 0 radical (unpaired) electrons. The maximum atomic E-state index is 5.62. The van der Waals surface area contributed by atoms with Crippen molar-refractivity contribution in [3.8, 4) is 0 Å². The lowest BCUT2D eigenvalue weighted by molar-refractivity contribution is 0.340. The van der Waals surface area contributed by atoms with E-state index in [1.54, 1.807) is 0 Å². The van der Waals surface area contributed by atoms with Crippen LogP contribution in [0.5, 0.6) is 0 Å². The van der Waals surface area contributed by atoms with Crippen LogP contribution in [0.2, 0.25) is 0 Å².